The van der Waals surface area contributed by atoms with Crippen LogP contribution >= 0.6 is 0 Å². The molecule has 0 radical (unpaired) electrons. The fourth-order valence-electron chi connectivity index (χ4n) is 4.01. The minimum Gasteiger partial charge on any atom is -0.232 e. The van der Waals surface area contributed by atoms with Gasteiger partial charge in [-0.05, 0) is 51.1 Å². The quantitative estimate of drug-likeness (QED) is 0.298. The lowest BCUT2D eigenvalue weighted by molar-refractivity contribution is -0.662. The Balaban J connectivity index is 1.99. The molecule has 2 heteroatoms. The van der Waals surface area contributed by atoms with Gasteiger partial charge in [0.15, 0.2) is 5.52 Å². The van der Waals surface area contributed by atoms with Crippen LogP contribution in [0.15, 0.2) is 79.1 Å². The molecule has 0 aliphatic rings. The fraction of sp³-hybridized carbons (Fsp3) is 0.0833. The Labute approximate surface area is 152 Å². The van der Waals surface area contributed by atoms with Gasteiger partial charge in [0.25, 0.3) is 6.33 Å². The second-order valence-electron chi connectivity index (χ2n) is 6.86. The summed E-state index contributed by atoms with van der Waals surface area (Å²) in [5.41, 5.74) is 4.81. The normalized spacial score (nSPS) is 11.5. The second-order valence-corrected chi connectivity index (χ2v) is 6.86. The maximum atomic E-state index is 4.59. The molecule has 0 fully saturated rings. The van der Waals surface area contributed by atoms with Crippen LogP contribution in [-0.4, -0.2) is 4.98 Å². The van der Waals surface area contributed by atoms with Crippen LogP contribution in [0.1, 0.15) is 5.56 Å². The second kappa shape index (κ2) is 5.63. The number of rotatable bonds is 1. The summed E-state index contributed by atoms with van der Waals surface area (Å²) in [5.74, 6) is 0. The van der Waals surface area contributed by atoms with Gasteiger partial charge in [0.2, 0.25) is 0 Å². The highest BCUT2D eigenvalue weighted by Crippen LogP contribution is 2.36. The van der Waals surface area contributed by atoms with Gasteiger partial charge in [-0.15, -0.1) is 0 Å². The largest absolute Gasteiger partial charge is 0.287 e. The first-order valence-corrected chi connectivity index (χ1v) is 8.89. The molecule has 0 aliphatic carbocycles. The first-order chi connectivity index (χ1) is 12.7. The molecule has 0 amide bonds. The van der Waals surface area contributed by atoms with Gasteiger partial charge < -0.3 is 0 Å². The molecule has 124 valence electrons. The number of aryl methyl sites for hydroxylation is 2. The lowest BCUT2D eigenvalue weighted by atomic mass is 9.92. The van der Waals surface area contributed by atoms with Crippen molar-refractivity contribution in [3.05, 3.63) is 84.7 Å². The van der Waals surface area contributed by atoms with Crippen LogP contribution < -0.4 is 4.57 Å². The summed E-state index contributed by atoms with van der Waals surface area (Å²) in [6.45, 7) is 2.19. The molecule has 0 saturated carbocycles. The van der Waals surface area contributed by atoms with Crippen LogP contribution in [0.4, 0.5) is 0 Å². The molecule has 0 saturated heterocycles. The number of fused-ring (bicyclic) bond motifs is 4. The average molecular weight is 335 g/mol. The minimum atomic E-state index is 1.03. The number of benzene rings is 4. The third-order valence-electron chi connectivity index (χ3n) is 5.25. The summed E-state index contributed by atoms with van der Waals surface area (Å²) in [4.78, 5) is 4.59. The van der Waals surface area contributed by atoms with E-state index in [0.717, 1.165) is 5.52 Å². The number of hydrogen-bond acceptors (Lipinski definition) is 1. The molecule has 0 aliphatic heterocycles. The van der Waals surface area contributed by atoms with Gasteiger partial charge in [-0.1, -0.05) is 60.7 Å². The molecular formula is C24H19N2+. The van der Waals surface area contributed by atoms with E-state index in [2.05, 4.69) is 90.3 Å². The summed E-state index contributed by atoms with van der Waals surface area (Å²) >= 11 is 0. The Bertz CT molecular complexity index is 1300. The molecular weight excluding hydrogens is 316 g/mol. The lowest BCUT2D eigenvalue weighted by Crippen LogP contribution is -2.31. The van der Waals surface area contributed by atoms with Crippen molar-refractivity contribution in [3.63, 3.8) is 0 Å². The van der Waals surface area contributed by atoms with Crippen molar-refractivity contribution in [3.8, 4) is 11.3 Å². The van der Waals surface area contributed by atoms with Crippen LogP contribution in [0.2, 0.25) is 0 Å². The van der Waals surface area contributed by atoms with Crippen molar-refractivity contribution in [1.29, 1.82) is 0 Å². The number of hydrogen-bond donors (Lipinski definition) is 0. The van der Waals surface area contributed by atoms with Gasteiger partial charge in [-0.25, -0.2) is 4.57 Å². The summed E-state index contributed by atoms with van der Waals surface area (Å²) in [7, 11) is 2.08. The molecule has 2 nitrogen and oxygen atoms in total. The highest BCUT2D eigenvalue weighted by Gasteiger charge is 2.19. The molecule has 4 aromatic carbocycles. The third-order valence-corrected chi connectivity index (χ3v) is 5.25. The van der Waals surface area contributed by atoms with Gasteiger partial charge in [0.1, 0.15) is 5.69 Å². The SMILES string of the molecule is Cc1ccc2c(ccc3ccccc32)c1-c1c2ccccc2nc[n+]1C. The summed E-state index contributed by atoms with van der Waals surface area (Å²) in [6, 6.07) is 25.9. The van der Waals surface area contributed by atoms with E-state index in [-0.39, 0.29) is 0 Å². The maximum absolute atomic E-state index is 4.59. The van der Waals surface area contributed by atoms with Crippen LogP contribution in [0, 0.1) is 6.92 Å². The topological polar surface area (TPSA) is 16.8 Å². The zero-order chi connectivity index (χ0) is 17.7. The van der Waals surface area contributed by atoms with Gasteiger partial charge in [-0.3, -0.25) is 0 Å². The molecule has 26 heavy (non-hydrogen) atoms. The molecule has 0 unspecified atom stereocenters. The average Bonchev–Trinajstić information content (AvgIpc) is 2.68. The third kappa shape index (κ3) is 2.12. The van der Waals surface area contributed by atoms with Crippen molar-refractivity contribution < 1.29 is 4.57 Å². The molecule has 0 spiro atoms. The predicted octanol–water partition coefficient (Wildman–Crippen LogP) is 5.34. The van der Waals surface area contributed by atoms with Crippen molar-refractivity contribution in [2.24, 2.45) is 7.05 Å². The highest BCUT2D eigenvalue weighted by atomic mass is 15.0. The van der Waals surface area contributed by atoms with Crippen LogP contribution in [-0.2, 0) is 7.05 Å². The molecule has 0 bridgehead atoms. The Hall–Kier alpha value is -3.26. The molecule has 1 heterocycles. The van der Waals surface area contributed by atoms with Crippen LogP contribution in [0.25, 0.3) is 43.7 Å². The van der Waals surface area contributed by atoms with E-state index in [1.165, 1.54) is 43.8 Å². The van der Waals surface area contributed by atoms with Crippen LogP contribution in [0.3, 0.4) is 0 Å². The Kier molecular flexibility index (Phi) is 3.26. The minimum absolute atomic E-state index is 1.03. The Morgan fingerprint density at radius 3 is 2.31 bits per heavy atom. The molecule has 1 aromatic heterocycles. The van der Waals surface area contributed by atoms with E-state index in [1.807, 2.05) is 12.4 Å². The first kappa shape index (κ1) is 15.0. The van der Waals surface area contributed by atoms with Gasteiger partial charge >= 0.3 is 0 Å². The fourth-order valence-corrected chi connectivity index (χ4v) is 4.01. The Morgan fingerprint density at radius 1 is 0.692 bits per heavy atom. The first-order valence-electron chi connectivity index (χ1n) is 8.89. The van der Waals surface area contributed by atoms with E-state index >= 15 is 0 Å². The standard InChI is InChI=1S/C24H19N2/c1-16-11-13-19-18-8-4-3-7-17(18)12-14-20(19)23(16)24-21-9-5-6-10-22(21)25-15-26(24)2/h3-15H,1-2H3/q+1. The molecule has 5 rings (SSSR count). The summed E-state index contributed by atoms with van der Waals surface area (Å²) in [6.07, 6.45) is 1.91. The van der Waals surface area contributed by atoms with Gasteiger partial charge in [0, 0.05) is 5.56 Å². The predicted molar refractivity (Wildman–Crippen MR) is 108 cm³/mol. The number of nitrogens with zero attached hydrogens (tertiary/aromatic N) is 2. The van der Waals surface area contributed by atoms with E-state index in [0.29, 0.717) is 0 Å². The lowest BCUT2D eigenvalue weighted by Gasteiger charge is -2.13. The molecule has 0 atom stereocenters. The van der Waals surface area contributed by atoms with Gasteiger partial charge in [0.05, 0.1) is 12.4 Å². The zero-order valence-electron chi connectivity index (χ0n) is 14.9. The van der Waals surface area contributed by atoms with Crippen molar-refractivity contribution >= 4 is 32.4 Å². The summed E-state index contributed by atoms with van der Waals surface area (Å²) < 4.78 is 2.14. The van der Waals surface area contributed by atoms with E-state index in [9.17, 15) is 0 Å². The molecule has 0 N–H and O–H groups in total. The van der Waals surface area contributed by atoms with E-state index < -0.39 is 0 Å². The monoisotopic (exact) mass is 335 g/mol. The van der Waals surface area contributed by atoms with Gasteiger partial charge in [-0.2, -0.15) is 0 Å². The number of para-hydroxylation sites is 1. The van der Waals surface area contributed by atoms with Crippen molar-refractivity contribution in [2.45, 2.75) is 6.92 Å². The maximum Gasteiger partial charge on any atom is 0.287 e. The van der Waals surface area contributed by atoms with Crippen LogP contribution in [0.5, 0.6) is 0 Å². The molecule has 5 aromatic rings. The highest BCUT2D eigenvalue weighted by molar-refractivity contribution is 6.13. The number of aromatic nitrogens is 2. The summed E-state index contributed by atoms with van der Waals surface area (Å²) in [5, 5.41) is 6.34. The van der Waals surface area contributed by atoms with Crippen molar-refractivity contribution in [2.75, 3.05) is 0 Å². The Morgan fingerprint density at radius 2 is 1.42 bits per heavy atom. The smallest absolute Gasteiger partial charge is 0.232 e. The zero-order valence-corrected chi connectivity index (χ0v) is 14.9. The van der Waals surface area contributed by atoms with E-state index in [1.54, 1.807) is 0 Å². The van der Waals surface area contributed by atoms with Crippen molar-refractivity contribution in [1.82, 2.24) is 4.98 Å². The van der Waals surface area contributed by atoms with E-state index in [4.69, 9.17) is 0 Å².